The Hall–Kier alpha value is -1.95. The lowest BCUT2D eigenvalue weighted by molar-refractivity contribution is -0.140. The molecule has 0 bridgehead atoms. The molecule has 2 fully saturated rings. The minimum atomic E-state index is -2.66. The molecule has 0 N–H and O–H groups in total. The van der Waals surface area contributed by atoms with Crippen LogP contribution in [0.3, 0.4) is 0 Å². The summed E-state index contributed by atoms with van der Waals surface area (Å²) in [6, 6.07) is 2.09. The monoisotopic (exact) mass is 367 g/mol. The van der Waals surface area contributed by atoms with Crippen LogP contribution in [0.1, 0.15) is 24.8 Å². The fourth-order valence-electron chi connectivity index (χ4n) is 3.24. The Kier molecular flexibility index (Phi) is 5.08. The first-order chi connectivity index (χ1) is 11.9. The summed E-state index contributed by atoms with van der Waals surface area (Å²) in [7, 11) is 0. The zero-order valence-electron chi connectivity index (χ0n) is 13.9. The molecule has 0 aromatic carbocycles. The number of likely N-dealkylation sites (tertiary alicyclic amines) is 1. The number of aromatic nitrogens is 2. The Morgan fingerprint density at radius 1 is 1.40 bits per heavy atom. The molecule has 0 saturated carbocycles. The van der Waals surface area contributed by atoms with E-state index in [-0.39, 0.29) is 37.8 Å². The lowest BCUT2D eigenvalue weighted by atomic mass is 10.0. The first-order valence-electron chi connectivity index (χ1n) is 8.16. The van der Waals surface area contributed by atoms with Gasteiger partial charge in [-0.2, -0.15) is 5.26 Å². The van der Waals surface area contributed by atoms with Gasteiger partial charge in [-0.1, -0.05) is 11.8 Å². The Labute approximate surface area is 149 Å². The average Bonchev–Trinajstić information content (AvgIpc) is 3.10. The number of anilines is 1. The molecule has 2 aliphatic rings. The third kappa shape index (κ3) is 3.84. The molecule has 0 aliphatic carbocycles. The van der Waals surface area contributed by atoms with E-state index < -0.39 is 5.92 Å². The van der Waals surface area contributed by atoms with Gasteiger partial charge in [-0.05, 0) is 12.7 Å². The molecule has 0 radical (unpaired) electrons. The molecule has 2 aliphatic heterocycles. The van der Waals surface area contributed by atoms with E-state index in [1.807, 2.05) is 11.2 Å². The summed E-state index contributed by atoms with van der Waals surface area (Å²) in [6.07, 6.45) is 3.45. The summed E-state index contributed by atoms with van der Waals surface area (Å²) in [5.74, 6) is -2.43. The van der Waals surface area contributed by atoms with Gasteiger partial charge in [0, 0.05) is 39.0 Å². The van der Waals surface area contributed by atoms with E-state index in [1.165, 1.54) is 18.0 Å². The quantitative estimate of drug-likeness (QED) is 0.602. The van der Waals surface area contributed by atoms with Crippen molar-refractivity contribution in [2.75, 3.05) is 37.3 Å². The van der Waals surface area contributed by atoms with Crippen LogP contribution in [0.25, 0.3) is 0 Å². The Morgan fingerprint density at radius 2 is 2.12 bits per heavy atom. The number of thioether (sulfide) groups is 1. The molecule has 134 valence electrons. The van der Waals surface area contributed by atoms with Crippen molar-refractivity contribution in [3.8, 4) is 6.07 Å². The molecule has 6 nitrogen and oxygen atoms in total. The SMILES string of the molecule is CSc1ncc(C#N)c(N2CCC(C(=O)N3CCC(F)(F)CC3)C2)n1. The highest BCUT2D eigenvalue weighted by molar-refractivity contribution is 7.98. The van der Waals surface area contributed by atoms with Gasteiger partial charge in [0.15, 0.2) is 11.0 Å². The van der Waals surface area contributed by atoms with Crippen LogP contribution in [-0.4, -0.2) is 59.1 Å². The minimum Gasteiger partial charge on any atom is -0.355 e. The molecule has 1 aromatic heterocycles. The number of nitriles is 1. The van der Waals surface area contributed by atoms with Gasteiger partial charge in [-0.15, -0.1) is 0 Å². The number of halogens is 2. The number of piperidine rings is 1. The largest absolute Gasteiger partial charge is 0.355 e. The summed E-state index contributed by atoms with van der Waals surface area (Å²) >= 11 is 1.39. The topological polar surface area (TPSA) is 73.1 Å². The van der Waals surface area contributed by atoms with Gasteiger partial charge >= 0.3 is 0 Å². The van der Waals surface area contributed by atoms with E-state index in [2.05, 4.69) is 16.0 Å². The fraction of sp³-hybridized carbons (Fsp3) is 0.625. The minimum absolute atomic E-state index is 0.0735. The Balaban J connectivity index is 1.68. The van der Waals surface area contributed by atoms with E-state index >= 15 is 0 Å². The molecular weight excluding hydrogens is 348 g/mol. The van der Waals surface area contributed by atoms with Crippen molar-refractivity contribution >= 4 is 23.5 Å². The highest BCUT2D eigenvalue weighted by Crippen LogP contribution is 2.31. The summed E-state index contributed by atoms with van der Waals surface area (Å²) in [5, 5.41) is 9.83. The Bertz CT molecular complexity index is 698. The lowest BCUT2D eigenvalue weighted by Crippen LogP contribution is -2.45. The van der Waals surface area contributed by atoms with E-state index in [9.17, 15) is 18.8 Å². The molecule has 3 rings (SSSR count). The molecule has 1 aromatic rings. The van der Waals surface area contributed by atoms with Crippen molar-refractivity contribution in [3.05, 3.63) is 11.8 Å². The summed E-state index contributed by atoms with van der Waals surface area (Å²) < 4.78 is 26.5. The third-order valence-electron chi connectivity index (χ3n) is 4.69. The van der Waals surface area contributed by atoms with Crippen LogP contribution in [0.4, 0.5) is 14.6 Å². The maximum absolute atomic E-state index is 13.3. The molecule has 1 amide bonds. The summed E-state index contributed by atoms with van der Waals surface area (Å²) in [4.78, 5) is 24.6. The van der Waals surface area contributed by atoms with E-state index in [0.717, 1.165) is 0 Å². The standard InChI is InChI=1S/C16H19F2N5OS/c1-25-15-20-9-12(8-19)13(21-15)23-5-2-11(10-23)14(24)22-6-3-16(17,18)4-7-22/h9,11H,2-7,10H2,1H3. The second-order valence-corrected chi connectivity index (χ2v) is 7.09. The van der Waals surface area contributed by atoms with Gasteiger partial charge in [-0.3, -0.25) is 4.79 Å². The van der Waals surface area contributed by atoms with Crippen LogP contribution in [0.5, 0.6) is 0 Å². The average molecular weight is 367 g/mol. The molecule has 0 spiro atoms. The van der Waals surface area contributed by atoms with E-state index in [0.29, 0.717) is 36.0 Å². The smallest absolute Gasteiger partial charge is 0.251 e. The number of hydrogen-bond acceptors (Lipinski definition) is 6. The van der Waals surface area contributed by atoms with Crippen molar-refractivity contribution in [3.63, 3.8) is 0 Å². The summed E-state index contributed by atoms with van der Waals surface area (Å²) in [6.45, 7) is 1.27. The maximum Gasteiger partial charge on any atom is 0.251 e. The van der Waals surface area contributed by atoms with Crippen LogP contribution in [0.15, 0.2) is 11.4 Å². The summed E-state index contributed by atoms with van der Waals surface area (Å²) in [5.41, 5.74) is 0.378. The van der Waals surface area contributed by atoms with Crippen LogP contribution in [0, 0.1) is 17.2 Å². The van der Waals surface area contributed by atoms with Gasteiger partial charge in [0.1, 0.15) is 11.6 Å². The number of amides is 1. The van der Waals surface area contributed by atoms with E-state index in [1.54, 1.807) is 4.90 Å². The van der Waals surface area contributed by atoms with Gasteiger partial charge in [-0.25, -0.2) is 18.7 Å². The number of nitrogens with zero attached hydrogens (tertiary/aromatic N) is 5. The maximum atomic E-state index is 13.3. The highest BCUT2D eigenvalue weighted by Gasteiger charge is 2.39. The number of carbonyl (C=O) groups is 1. The lowest BCUT2D eigenvalue weighted by Gasteiger charge is -2.33. The predicted molar refractivity (Wildman–Crippen MR) is 89.6 cm³/mol. The third-order valence-corrected chi connectivity index (χ3v) is 5.26. The second-order valence-electron chi connectivity index (χ2n) is 6.32. The molecule has 25 heavy (non-hydrogen) atoms. The molecule has 1 unspecified atom stereocenters. The first kappa shape index (κ1) is 17.9. The van der Waals surface area contributed by atoms with Gasteiger partial charge < -0.3 is 9.80 Å². The normalized spacial score (nSPS) is 22.7. The van der Waals surface area contributed by atoms with Crippen LogP contribution in [0.2, 0.25) is 0 Å². The van der Waals surface area contributed by atoms with Gasteiger partial charge in [0.2, 0.25) is 5.91 Å². The molecule has 1 atom stereocenters. The molecule has 9 heteroatoms. The Morgan fingerprint density at radius 3 is 2.76 bits per heavy atom. The zero-order valence-corrected chi connectivity index (χ0v) is 14.7. The van der Waals surface area contributed by atoms with Crippen molar-refractivity contribution in [1.82, 2.24) is 14.9 Å². The second kappa shape index (κ2) is 7.12. The number of alkyl halides is 2. The van der Waals surface area contributed by atoms with Crippen LogP contribution in [-0.2, 0) is 4.79 Å². The van der Waals surface area contributed by atoms with Crippen molar-refractivity contribution in [2.45, 2.75) is 30.3 Å². The van der Waals surface area contributed by atoms with Crippen LogP contribution < -0.4 is 4.90 Å². The van der Waals surface area contributed by atoms with Crippen molar-refractivity contribution < 1.29 is 13.6 Å². The van der Waals surface area contributed by atoms with Crippen LogP contribution >= 0.6 is 11.8 Å². The molecular formula is C16H19F2N5OS. The van der Waals surface area contributed by atoms with E-state index in [4.69, 9.17) is 0 Å². The van der Waals surface area contributed by atoms with Crippen molar-refractivity contribution in [2.24, 2.45) is 5.92 Å². The van der Waals surface area contributed by atoms with Gasteiger partial charge in [0.05, 0.1) is 12.1 Å². The molecule has 2 saturated heterocycles. The number of rotatable bonds is 3. The fourth-order valence-corrected chi connectivity index (χ4v) is 3.58. The predicted octanol–water partition coefficient (Wildman–Crippen LogP) is 2.15. The zero-order chi connectivity index (χ0) is 18.0. The first-order valence-corrected chi connectivity index (χ1v) is 9.38. The van der Waals surface area contributed by atoms with Gasteiger partial charge in [0.25, 0.3) is 5.92 Å². The molecule has 3 heterocycles. The van der Waals surface area contributed by atoms with Crippen molar-refractivity contribution in [1.29, 1.82) is 5.26 Å². The number of carbonyl (C=O) groups excluding carboxylic acids is 1. The number of hydrogen-bond donors (Lipinski definition) is 0. The highest BCUT2D eigenvalue weighted by atomic mass is 32.2.